The number of amides is 3. The highest BCUT2D eigenvalue weighted by Crippen LogP contribution is 2.23. The molecule has 0 spiro atoms. The van der Waals surface area contributed by atoms with Crippen molar-refractivity contribution in [3.8, 4) is 0 Å². The fourth-order valence-electron chi connectivity index (χ4n) is 5.63. The molecule has 3 aliphatic rings. The Bertz CT molecular complexity index is 852. The molecule has 0 aromatic heterocycles. The number of ether oxygens (including phenoxy) is 2. The van der Waals surface area contributed by atoms with Crippen LogP contribution in [0, 0.1) is 5.92 Å². The first kappa shape index (κ1) is 29.7. The largest absolute Gasteiger partial charge is 0.378 e. The summed E-state index contributed by atoms with van der Waals surface area (Å²) in [5.74, 6) is 0.577. The minimum Gasteiger partial charge on any atom is -0.378 e. The van der Waals surface area contributed by atoms with Gasteiger partial charge in [0, 0.05) is 51.1 Å². The third-order valence-corrected chi connectivity index (χ3v) is 7.74. The van der Waals surface area contributed by atoms with Crippen molar-refractivity contribution in [1.82, 2.24) is 14.7 Å². The van der Waals surface area contributed by atoms with Gasteiger partial charge in [0.2, 0.25) is 0 Å². The molecule has 37 heavy (non-hydrogen) atoms. The summed E-state index contributed by atoms with van der Waals surface area (Å²) in [6, 6.07) is 8.82. The van der Waals surface area contributed by atoms with Crippen molar-refractivity contribution in [1.29, 1.82) is 0 Å². The van der Waals surface area contributed by atoms with Crippen molar-refractivity contribution in [3.05, 3.63) is 29.8 Å². The predicted octanol–water partition coefficient (Wildman–Crippen LogP) is 4.03. The number of rotatable bonds is 9. The van der Waals surface area contributed by atoms with Crippen LogP contribution in [0.4, 0.5) is 10.5 Å². The van der Waals surface area contributed by atoms with E-state index in [4.69, 9.17) is 9.47 Å². The first-order valence-corrected chi connectivity index (χ1v) is 13.9. The van der Waals surface area contributed by atoms with E-state index in [-0.39, 0.29) is 30.4 Å². The van der Waals surface area contributed by atoms with Gasteiger partial charge in [-0.15, -0.1) is 12.4 Å². The molecule has 0 bridgehead atoms. The molecule has 1 aromatic rings. The van der Waals surface area contributed by atoms with Crippen molar-refractivity contribution in [2.45, 2.75) is 64.5 Å². The zero-order chi connectivity index (χ0) is 25.3. The summed E-state index contributed by atoms with van der Waals surface area (Å²) in [5.41, 5.74) is 2.08. The maximum Gasteiger partial charge on any atom is 0.320 e. The summed E-state index contributed by atoms with van der Waals surface area (Å²) < 4.78 is 10.9. The minimum atomic E-state index is -0.316. The van der Waals surface area contributed by atoms with E-state index in [9.17, 15) is 9.59 Å². The second kappa shape index (κ2) is 14.9. The van der Waals surface area contributed by atoms with Gasteiger partial charge in [0.15, 0.2) is 0 Å². The highest BCUT2D eigenvalue weighted by atomic mass is 35.5. The Kier molecular flexibility index (Phi) is 12.0. The molecule has 3 heterocycles. The standard InChI is InChI=1S/C28H44N4O4.ClH/c1-3-11-32(21-23-9-12-30(13-10-23)28(34)31-14-17-35-18-15-31)22(2)19-24-6-4-7-25(20-24)29-27(33)26-8-5-16-36-26;/h4,6-7,20,22-23,26H,3,5,8-19,21H2,1-2H3,(H,29,33);1H/t22?,26-;/m0./s1. The van der Waals surface area contributed by atoms with E-state index >= 15 is 0 Å². The maximum atomic E-state index is 12.8. The van der Waals surface area contributed by atoms with Gasteiger partial charge in [0.1, 0.15) is 6.10 Å². The molecular weight excluding hydrogens is 492 g/mol. The molecule has 0 radical (unpaired) electrons. The second-order valence-electron chi connectivity index (χ2n) is 10.6. The number of likely N-dealkylation sites (tertiary alicyclic amines) is 1. The van der Waals surface area contributed by atoms with Gasteiger partial charge in [-0.2, -0.15) is 0 Å². The smallest absolute Gasteiger partial charge is 0.320 e. The number of urea groups is 1. The fourth-order valence-corrected chi connectivity index (χ4v) is 5.63. The van der Waals surface area contributed by atoms with E-state index in [0.29, 0.717) is 44.9 Å². The summed E-state index contributed by atoms with van der Waals surface area (Å²) in [4.78, 5) is 31.8. The normalized spacial score (nSPS) is 21.5. The lowest BCUT2D eigenvalue weighted by Crippen LogP contribution is -2.51. The Labute approximate surface area is 228 Å². The van der Waals surface area contributed by atoms with Crippen LogP contribution in [0.15, 0.2) is 24.3 Å². The minimum absolute atomic E-state index is 0. The summed E-state index contributed by atoms with van der Waals surface area (Å²) in [5, 5.41) is 3.03. The summed E-state index contributed by atoms with van der Waals surface area (Å²) >= 11 is 0. The lowest BCUT2D eigenvalue weighted by atomic mass is 9.95. The van der Waals surface area contributed by atoms with Crippen LogP contribution >= 0.6 is 12.4 Å². The average molecular weight is 537 g/mol. The highest BCUT2D eigenvalue weighted by molar-refractivity contribution is 5.94. The van der Waals surface area contributed by atoms with Gasteiger partial charge in [-0.1, -0.05) is 19.1 Å². The van der Waals surface area contributed by atoms with Crippen LogP contribution in [0.2, 0.25) is 0 Å². The van der Waals surface area contributed by atoms with Crippen molar-refractivity contribution >= 4 is 30.0 Å². The molecule has 4 rings (SSSR count). The van der Waals surface area contributed by atoms with E-state index < -0.39 is 0 Å². The van der Waals surface area contributed by atoms with Crippen LogP contribution < -0.4 is 5.32 Å². The highest BCUT2D eigenvalue weighted by Gasteiger charge is 2.29. The van der Waals surface area contributed by atoms with E-state index in [1.54, 1.807) is 0 Å². The second-order valence-corrected chi connectivity index (χ2v) is 10.6. The SMILES string of the molecule is CCCN(CC1CCN(C(=O)N2CCOCC2)CC1)C(C)Cc1cccc(NC(=O)[C@@H]2CCCO2)c1.Cl. The van der Waals surface area contributed by atoms with E-state index in [0.717, 1.165) is 70.4 Å². The third kappa shape index (κ3) is 8.57. The topological polar surface area (TPSA) is 74.4 Å². The Balaban J connectivity index is 0.00000380. The van der Waals surface area contributed by atoms with Gasteiger partial charge in [-0.25, -0.2) is 4.79 Å². The van der Waals surface area contributed by atoms with Crippen LogP contribution in [0.3, 0.4) is 0 Å². The Morgan fingerprint density at radius 2 is 1.81 bits per heavy atom. The maximum absolute atomic E-state index is 12.8. The molecule has 3 aliphatic heterocycles. The van der Waals surface area contributed by atoms with E-state index in [1.165, 1.54) is 5.56 Å². The molecule has 8 nitrogen and oxygen atoms in total. The number of morpholine rings is 1. The van der Waals surface area contributed by atoms with Crippen molar-refractivity contribution in [2.24, 2.45) is 5.92 Å². The van der Waals surface area contributed by atoms with Crippen molar-refractivity contribution < 1.29 is 19.1 Å². The summed E-state index contributed by atoms with van der Waals surface area (Å²) in [6.45, 7) is 11.8. The van der Waals surface area contributed by atoms with Gasteiger partial charge < -0.3 is 29.5 Å². The number of halogens is 1. The van der Waals surface area contributed by atoms with Gasteiger partial charge in [0.05, 0.1) is 13.2 Å². The van der Waals surface area contributed by atoms with Gasteiger partial charge in [0.25, 0.3) is 5.91 Å². The third-order valence-electron chi connectivity index (χ3n) is 7.74. The van der Waals surface area contributed by atoms with Gasteiger partial charge in [-0.05, 0) is 75.6 Å². The molecule has 3 fully saturated rings. The number of anilines is 1. The quantitative estimate of drug-likeness (QED) is 0.516. The summed E-state index contributed by atoms with van der Waals surface area (Å²) in [6.07, 6.45) is 5.62. The van der Waals surface area contributed by atoms with Crippen LogP contribution in [-0.4, -0.2) is 97.9 Å². The number of benzene rings is 1. The Morgan fingerprint density at radius 1 is 1.08 bits per heavy atom. The molecule has 1 aromatic carbocycles. The number of hydrogen-bond acceptors (Lipinski definition) is 5. The first-order chi connectivity index (χ1) is 17.5. The van der Waals surface area contributed by atoms with Crippen LogP contribution in [-0.2, 0) is 20.7 Å². The van der Waals surface area contributed by atoms with Gasteiger partial charge >= 0.3 is 6.03 Å². The molecule has 3 amide bonds. The summed E-state index contributed by atoms with van der Waals surface area (Å²) in [7, 11) is 0. The lowest BCUT2D eigenvalue weighted by Gasteiger charge is -2.39. The Hall–Kier alpha value is -1.87. The number of piperidine rings is 1. The molecule has 2 atom stereocenters. The molecule has 208 valence electrons. The number of carbonyl (C=O) groups is 2. The van der Waals surface area contributed by atoms with E-state index in [2.05, 4.69) is 36.2 Å². The number of nitrogens with zero attached hydrogens (tertiary/aromatic N) is 3. The number of carbonyl (C=O) groups excluding carboxylic acids is 2. The first-order valence-electron chi connectivity index (χ1n) is 13.9. The zero-order valence-electron chi connectivity index (χ0n) is 22.5. The molecule has 1 N–H and O–H groups in total. The molecule has 0 aliphatic carbocycles. The van der Waals surface area contributed by atoms with Crippen LogP contribution in [0.25, 0.3) is 0 Å². The zero-order valence-corrected chi connectivity index (χ0v) is 23.3. The fraction of sp³-hybridized carbons (Fsp3) is 0.714. The molecule has 1 unspecified atom stereocenters. The lowest BCUT2D eigenvalue weighted by molar-refractivity contribution is -0.124. The molecular formula is C28H45ClN4O4. The number of nitrogens with one attached hydrogen (secondary N) is 1. The van der Waals surface area contributed by atoms with Crippen molar-refractivity contribution in [2.75, 3.05) is 64.4 Å². The molecule has 0 saturated carbocycles. The predicted molar refractivity (Wildman–Crippen MR) is 148 cm³/mol. The van der Waals surface area contributed by atoms with Crippen molar-refractivity contribution in [3.63, 3.8) is 0 Å². The monoisotopic (exact) mass is 536 g/mol. The van der Waals surface area contributed by atoms with E-state index in [1.807, 2.05) is 21.9 Å². The van der Waals surface area contributed by atoms with Gasteiger partial charge in [-0.3, -0.25) is 4.79 Å². The van der Waals surface area contributed by atoms with Crippen LogP contribution in [0.5, 0.6) is 0 Å². The average Bonchev–Trinajstić information content (AvgIpc) is 3.45. The number of hydrogen-bond donors (Lipinski definition) is 1. The molecule has 3 saturated heterocycles. The van der Waals surface area contributed by atoms with Crippen LogP contribution in [0.1, 0.15) is 51.5 Å². The molecule has 9 heteroatoms. The Morgan fingerprint density at radius 3 is 2.49 bits per heavy atom.